The van der Waals surface area contributed by atoms with Crippen LogP contribution in [0.2, 0.25) is 0 Å². The average molecular weight is 317 g/mol. The summed E-state index contributed by atoms with van der Waals surface area (Å²) in [5.74, 6) is -0.667. The van der Waals surface area contributed by atoms with Gasteiger partial charge in [-0.3, -0.25) is 0 Å². The summed E-state index contributed by atoms with van der Waals surface area (Å²) in [6.07, 6.45) is 1.13. The van der Waals surface area contributed by atoms with Gasteiger partial charge < -0.3 is 14.8 Å². The second-order valence-electron chi connectivity index (χ2n) is 4.03. The Labute approximate surface area is 122 Å². The van der Waals surface area contributed by atoms with Gasteiger partial charge in [0.25, 0.3) is 0 Å². The molecule has 0 saturated heterocycles. The maximum absolute atomic E-state index is 12.2. The molecular formula is C13H10F3NO3S. The Morgan fingerprint density at radius 1 is 1.29 bits per heavy atom. The van der Waals surface area contributed by atoms with E-state index in [4.69, 9.17) is 9.52 Å². The number of benzene rings is 1. The van der Waals surface area contributed by atoms with E-state index in [1.54, 1.807) is 0 Å². The highest BCUT2D eigenvalue weighted by molar-refractivity contribution is 8.00. The molecule has 0 aliphatic carbocycles. The molecule has 0 aliphatic heterocycles. The summed E-state index contributed by atoms with van der Waals surface area (Å²) in [6.45, 7) is 0.235. The van der Waals surface area contributed by atoms with Crippen LogP contribution in [0.4, 0.5) is 18.9 Å². The molecule has 0 radical (unpaired) electrons. The van der Waals surface area contributed by atoms with Crippen LogP contribution < -0.4 is 5.32 Å². The number of hydrogen-bond donors (Lipinski definition) is 2. The van der Waals surface area contributed by atoms with Crippen molar-refractivity contribution in [3.05, 3.63) is 47.9 Å². The number of furan rings is 1. The van der Waals surface area contributed by atoms with Crippen molar-refractivity contribution in [3.8, 4) is 0 Å². The van der Waals surface area contributed by atoms with Gasteiger partial charge in [0.15, 0.2) is 0 Å². The van der Waals surface area contributed by atoms with Crippen molar-refractivity contribution in [2.45, 2.75) is 16.9 Å². The number of rotatable bonds is 5. The molecule has 2 rings (SSSR count). The van der Waals surface area contributed by atoms with Crippen LogP contribution in [0, 0.1) is 0 Å². The highest BCUT2D eigenvalue weighted by Crippen LogP contribution is 2.37. The molecule has 2 N–H and O–H groups in total. The highest BCUT2D eigenvalue weighted by atomic mass is 32.2. The van der Waals surface area contributed by atoms with Gasteiger partial charge in [0, 0.05) is 10.6 Å². The van der Waals surface area contributed by atoms with Gasteiger partial charge in [0.2, 0.25) is 0 Å². The lowest BCUT2D eigenvalue weighted by Gasteiger charge is -2.07. The Hall–Kier alpha value is -2.09. The van der Waals surface area contributed by atoms with Crippen molar-refractivity contribution in [1.82, 2.24) is 0 Å². The Balaban J connectivity index is 1.92. The summed E-state index contributed by atoms with van der Waals surface area (Å²) < 4.78 is 41.5. The van der Waals surface area contributed by atoms with Crippen molar-refractivity contribution >= 4 is 23.4 Å². The van der Waals surface area contributed by atoms with E-state index >= 15 is 0 Å². The van der Waals surface area contributed by atoms with Crippen LogP contribution in [-0.4, -0.2) is 16.6 Å². The number of alkyl halides is 3. The zero-order chi connectivity index (χ0) is 15.5. The molecule has 112 valence electrons. The van der Waals surface area contributed by atoms with Crippen molar-refractivity contribution < 1.29 is 27.5 Å². The van der Waals surface area contributed by atoms with E-state index in [0.29, 0.717) is 11.4 Å². The molecule has 21 heavy (non-hydrogen) atoms. The molecule has 0 amide bonds. The lowest BCUT2D eigenvalue weighted by Crippen LogP contribution is -2.00. The summed E-state index contributed by atoms with van der Waals surface area (Å²) >= 11 is -0.181. The number of hydrogen-bond acceptors (Lipinski definition) is 4. The van der Waals surface area contributed by atoms with Crippen LogP contribution >= 0.6 is 11.8 Å². The van der Waals surface area contributed by atoms with Crippen LogP contribution in [-0.2, 0) is 6.54 Å². The molecular weight excluding hydrogens is 307 g/mol. The first-order valence-corrected chi connectivity index (χ1v) is 6.55. The van der Waals surface area contributed by atoms with Gasteiger partial charge in [0.1, 0.15) is 12.0 Å². The number of anilines is 1. The zero-order valence-electron chi connectivity index (χ0n) is 10.5. The van der Waals surface area contributed by atoms with E-state index in [1.165, 1.54) is 30.3 Å². The molecule has 1 heterocycles. The van der Waals surface area contributed by atoms with E-state index in [2.05, 4.69) is 5.32 Å². The third-order valence-corrected chi connectivity index (χ3v) is 3.19. The first-order valence-electron chi connectivity index (χ1n) is 5.74. The van der Waals surface area contributed by atoms with Crippen molar-refractivity contribution in [3.63, 3.8) is 0 Å². The molecule has 0 unspecified atom stereocenters. The smallest absolute Gasteiger partial charge is 0.446 e. The molecule has 1 aromatic heterocycles. The van der Waals surface area contributed by atoms with Crippen LogP contribution in [0.3, 0.4) is 0 Å². The molecule has 0 bridgehead atoms. The molecule has 4 nitrogen and oxygen atoms in total. The molecule has 8 heteroatoms. The fraction of sp³-hybridized carbons (Fsp3) is 0.154. The lowest BCUT2D eigenvalue weighted by molar-refractivity contribution is -0.0328. The fourth-order valence-electron chi connectivity index (χ4n) is 1.55. The van der Waals surface area contributed by atoms with Crippen LogP contribution in [0.1, 0.15) is 16.1 Å². The monoisotopic (exact) mass is 317 g/mol. The van der Waals surface area contributed by atoms with E-state index in [-0.39, 0.29) is 28.8 Å². The second-order valence-corrected chi connectivity index (χ2v) is 5.17. The zero-order valence-corrected chi connectivity index (χ0v) is 11.3. The van der Waals surface area contributed by atoms with E-state index in [1.807, 2.05) is 0 Å². The number of nitrogens with one attached hydrogen (secondary N) is 1. The SMILES string of the molecule is O=C(O)c1coc(CNc2ccc(SC(F)(F)F)cc2)c1. The maximum atomic E-state index is 12.2. The summed E-state index contributed by atoms with van der Waals surface area (Å²) in [4.78, 5) is 10.8. The Kier molecular flexibility index (Phi) is 4.46. The molecule has 0 spiro atoms. The molecule has 1 aromatic carbocycles. The first-order chi connectivity index (χ1) is 9.83. The largest absolute Gasteiger partial charge is 0.478 e. The number of carbonyl (C=O) groups is 1. The van der Waals surface area contributed by atoms with Crippen LogP contribution in [0.15, 0.2) is 45.9 Å². The van der Waals surface area contributed by atoms with Gasteiger partial charge in [-0.25, -0.2) is 4.79 Å². The predicted molar refractivity (Wildman–Crippen MR) is 71.3 cm³/mol. The Morgan fingerprint density at radius 2 is 1.95 bits per heavy atom. The van der Waals surface area contributed by atoms with E-state index in [0.717, 1.165) is 6.26 Å². The number of thioether (sulfide) groups is 1. The minimum absolute atomic E-state index is 0.0451. The standard InChI is InChI=1S/C13H10F3NO3S/c14-13(15,16)21-11-3-1-9(2-4-11)17-6-10-5-8(7-20-10)12(18)19/h1-5,7,17H,6H2,(H,18,19). The highest BCUT2D eigenvalue weighted by Gasteiger charge is 2.28. The summed E-state index contributed by atoms with van der Waals surface area (Å²) in [6, 6.07) is 7.10. The number of halogens is 3. The average Bonchev–Trinajstić information content (AvgIpc) is 2.85. The molecule has 0 fully saturated rings. The van der Waals surface area contributed by atoms with Crippen molar-refractivity contribution in [2.24, 2.45) is 0 Å². The number of carboxylic acids is 1. The third-order valence-electron chi connectivity index (χ3n) is 2.46. The van der Waals surface area contributed by atoms with Gasteiger partial charge in [-0.05, 0) is 42.1 Å². The van der Waals surface area contributed by atoms with E-state index in [9.17, 15) is 18.0 Å². The van der Waals surface area contributed by atoms with Gasteiger partial charge in [0.05, 0.1) is 12.1 Å². The summed E-state index contributed by atoms with van der Waals surface area (Å²) in [5.41, 5.74) is -3.66. The van der Waals surface area contributed by atoms with E-state index < -0.39 is 11.5 Å². The van der Waals surface area contributed by atoms with Crippen molar-refractivity contribution in [2.75, 3.05) is 5.32 Å². The quantitative estimate of drug-likeness (QED) is 0.809. The molecule has 2 aromatic rings. The van der Waals surface area contributed by atoms with Gasteiger partial charge in [-0.2, -0.15) is 13.2 Å². The second kappa shape index (κ2) is 6.13. The molecule has 0 saturated carbocycles. The van der Waals surface area contributed by atoms with Crippen LogP contribution in [0.5, 0.6) is 0 Å². The Bertz CT molecular complexity index is 622. The fourth-order valence-corrected chi connectivity index (χ4v) is 2.09. The topological polar surface area (TPSA) is 62.5 Å². The molecule has 0 aliphatic rings. The first kappa shape index (κ1) is 15.3. The minimum Gasteiger partial charge on any atom is -0.478 e. The predicted octanol–water partition coefficient (Wildman–Crippen LogP) is 4.20. The third kappa shape index (κ3) is 4.75. The normalized spacial score (nSPS) is 11.4. The van der Waals surface area contributed by atoms with Gasteiger partial charge in [-0.15, -0.1) is 0 Å². The molecule has 0 atom stereocenters. The maximum Gasteiger partial charge on any atom is 0.446 e. The minimum atomic E-state index is -4.31. The Morgan fingerprint density at radius 3 is 2.48 bits per heavy atom. The summed E-state index contributed by atoms with van der Waals surface area (Å²) in [5, 5.41) is 11.7. The number of carboxylic acid groups (broad SMARTS) is 1. The van der Waals surface area contributed by atoms with Gasteiger partial charge in [-0.1, -0.05) is 0 Å². The van der Waals surface area contributed by atoms with Gasteiger partial charge >= 0.3 is 11.5 Å². The lowest BCUT2D eigenvalue weighted by atomic mass is 10.3. The number of aromatic carboxylic acids is 1. The van der Waals surface area contributed by atoms with Crippen LogP contribution in [0.25, 0.3) is 0 Å². The van der Waals surface area contributed by atoms with Crippen molar-refractivity contribution in [1.29, 1.82) is 0 Å². The summed E-state index contributed by atoms with van der Waals surface area (Å²) in [7, 11) is 0.